The van der Waals surface area contributed by atoms with Gasteiger partial charge in [0.1, 0.15) is 0 Å². The van der Waals surface area contributed by atoms with Gasteiger partial charge in [-0.05, 0) is 89.4 Å². The molecule has 2 aliphatic rings. The number of hydrogen-bond acceptors (Lipinski definition) is 1. The molecule has 0 unspecified atom stereocenters. The van der Waals surface area contributed by atoms with Crippen molar-refractivity contribution in [2.45, 2.75) is 42.9 Å². The first-order valence-electron chi connectivity index (χ1n) is 10.8. The highest BCUT2D eigenvalue weighted by Gasteiger charge is 2.27. The third-order valence-electron chi connectivity index (χ3n) is 6.52. The van der Waals surface area contributed by atoms with E-state index in [0.29, 0.717) is 0 Å². The minimum absolute atomic E-state index is 1.14. The maximum absolute atomic E-state index is 2.39. The smallest absolute Gasteiger partial charge is 0.0201 e. The molecule has 6 rings (SSSR count). The molecule has 0 atom stereocenters. The fourth-order valence-electron chi connectivity index (χ4n) is 5.17. The molecule has 0 fully saturated rings. The van der Waals surface area contributed by atoms with E-state index in [9.17, 15) is 0 Å². The number of aryl methyl sites for hydroxylation is 3. The van der Waals surface area contributed by atoms with E-state index < -0.39 is 0 Å². The summed E-state index contributed by atoms with van der Waals surface area (Å²) >= 11 is 1.91. The molecule has 1 aliphatic carbocycles. The van der Waals surface area contributed by atoms with E-state index >= 15 is 0 Å². The Kier molecular flexibility index (Phi) is 4.14. The zero-order valence-corrected chi connectivity index (χ0v) is 18.3. The van der Waals surface area contributed by atoms with Crippen molar-refractivity contribution in [3.8, 4) is 0 Å². The quantitative estimate of drug-likeness (QED) is 0.250. The van der Waals surface area contributed by atoms with Crippen molar-refractivity contribution in [2.75, 3.05) is 0 Å². The van der Waals surface area contributed by atoms with Crippen molar-refractivity contribution in [2.24, 2.45) is 0 Å². The zero-order chi connectivity index (χ0) is 20.2. The van der Waals surface area contributed by atoms with Gasteiger partial charge in [0.25, 0.3) is 0 Å². The fourth-order valence-corrected chi connectivity index (χ4v) is 6.24. The van der Waals surface area contributed by atoms with Gasteiger partial charge in [-0.2, -0.15) is 0 Å². The molecule has 4 aromatic rings. The number of rotatable bonds is 0. The van der Waals surface area contributed by atoms with Crippen molar-refractivity contribution in [1.82, 2.24) is 0 Å². The molecule has 0 amide bonds. The first kappa shape index (κ1) is 18.0. The van der Waals surface area contributed by atoms with E-state index in [4.69, 9.17) is 0 Å². The van der Waals surface area contributed by atoms with E-state index in [1.54, 1.807) is 0 Å². The number of fused-ring (bicyclic) bond motifs is 5. The maximum atomic E-state index is 2.39. The van der Waals surface area contributed by atoms with Crippen LogP contribution >= 0.6 is 11.8 Å². The lowest BCUT2D eigenvalue weighted by atomic mass is 9.78. The molecule has 0 saturated carbocycles. The lowest BCUT2D eigenvalue weighted by Crippen LogP contribution is -2.08. The highest BCUT2D eigenvalue weighted by atomic mass is 32.2. The molecular weight excluding hydrogens is 380 g/mol. The minimum Gasteiger partial charge on any atom is -0.0888 e. The molecule has 0 N–H and O–H groups in total. The maximum Gasteiger partial charge on any atom is 0.0201 e. The van der Waals surface area contributed by atoms with Crippen molar-refractivity contribution < 1.29 is 0 Å². The first-order valence-corrected chi connectivity index (χ1v) is 11.6. The molecule has 1 heterocycles. The number of benzene rings is 4. The molecule has 30 heavy (non-hydrogen) atoms. The molecular formula is C29H24S. The molecule has 1 heteroatoms. The predicted molar refractivity (Wildman–Crippen MR) is 129 cm³/mol. The Labute approximate surface area is 182 Å². The molecule has 0 nitrogen and oxygen atoms in total. The summed E-state index contributed by atoms with van der Waals surface area (Å²) in [7, 11) is 0. The number of allylic oxidation sites excluding steroid dienone is 1. The van der Waals surface area contributed by atoms with Gasteiger partial charge >= 0.3 is 0 Å². The van der Waals surface area contributed by atoms with Crippen molar-refractivity contribution in [1.29, 1.82) is 0 Å². The Morgan fingerprint density at radius 2 is 1.50 bits per heavy atom. The average Bonchev–Trinajstić information content (AvgIpc) is 2.77. The van der Waals surface area contributed by atoms with E-state index in [0.717, 1.165) is 6.42 Å². The van der Waals surface area contributed by atoms with Gasteiger partial charge in [0.15, 0.2) is 0 Å². The van der Waals surface area contributed by atoms with Crippen LogP contribution in [0.1, 0.15) is 46.2 Å². The topological polar surface area (TPSA) is 0 Å². The van der Waals surface area contributed by atoms with Crippen LogP contribution in [0.15, 0.2) is 82.6 Å². The lowest BCUT2D eigenvalue weighted by molar-refractivity contribution is 0.825. The summed E-state index contributed by atoms with van der Waals surface area (Å²) in [6, 6.07) is 27.5. The Bertz CT molecular complexity index is 1360. The molecule has 0 bridgehead atoms. The molecule has 0 radical (unpaired) electrons. The van der Waals surface area contributed by atoms with E-state index in [-0.39, 0.29) is 0 Å². The monoisotopic (exact) mass is 404 g/mol. The van der Waals surface area contributed by atoms with Crippen molar-refractivity contribution in [3.05, 3.63) is 106 Å². The van der Waals surface area contributed by atoms with Crippen LogP contribution in [-0.2, 0) is 6.42 Å². The van der Waals surface area contributed by atoms with Gasteiger partial charge < -0.3 is 0 Å². The molecule has 146 valence electrons. The van der Waals surface area contributed by atoms with Crippen LogP contribution in [0.3, 0.4) is 0 Å². The second-order valence-electron chi connectivity index (χ2n) is 8.63. The second kappa shape index (κ2) is 6.89. The molecule has 0 spiro atoms. The van der Waals surface area contributed by atoms with Crippen LogP contribution in [-0.4, -0.2) is 0 Å². The van der Waals surface area contributed by atoms with Gasteiger partial charge in [-0.1, -0.05) is 83.6 Å². The molecule has 1 aliphatic heterocycles. The molecule has 0 saturated heterocycles. The summed E-state index contributed by atoms with van der Waals surface area (Å²) in [6.45, 7) is 4.40. The summed E-state index contributed by atoms with van der Waals surface area (Å²) in [5, 5.41) is 2.77. The third-order valence-corrected chi connectivity index (χ3v) is 7.67. The molecule has 4 aromatic carbocycles. The summed E-state index contributed by atoms with van der Waals surface area (Å²) in [6.07, 6.45) is 3.54. The normalized spacial score (nSPS) is 17.4. The van der Waals surface area contributed by atoms with Gasteiger partial charge in [-0.25, -0.2) is 0 Å². The fraction of sp³-hybridized carbons (Fsp3) is 0.172. The van der Waals surface area contributed by atoms with E-state index in [1.165, 1.54) is 77.9 Å². The van der Waals surface area contributed by atoms with Crippen LogP contribution in [0.2, 0.25) is 0 Å². The summed E-state index contributed by atoms with van der Waals surface area (Å²) < 4.78 is 0. The van der Waals surface area contributed by atoms with Gasteiger partial charge in [-0.15, -0.1) is 0 Å². The zero-order valence-electron chi connectivity index (χ0n) is 17.5. The minimum atomic E-state index is 1.14. The van der Waals surface area contributed by atoms with Gasteiger partial charge in [-0.3, -0.25) is 0 Å². The van der Waals surface area contributed by atoms with Crippen molar-refractivity contribution >= 4 is 33.7 Å². The Morgan fingerprint density at radius 1 is 0.700 bits per heavy atom. The number of hydrogen-bond donors (Lipinski definition) is 0. The van der Waals surface area contributed by atoms with Crippen LogP contribution < -0.4 is 0 Å². The first-order chi connectivity index (χ1) is 14.7. The van der Waals surface area contributed by atoms with Gasteiger partial charge in [0.05, 0.1) is 0 Å². The third kappa shape index (κ3) is 2.76. The highest BCUT2D eigenvalue weighted by Crippen LogP contribution is 2.51. The Balaban J connectivity index is 1.75. The van der Waals surface area contributed by atoms with E-state index in [1.807, 2.05) is 11.8 Å². The van der Waals surface area contributed by atoms with Crippen molar-refractivity contribution in [3.63, 3.8) is 0 Å². The second-order valence-corrected chi connectivity index (χ2v) is 9.71. The summed E-state index contributed by atoms with van der Waals surface area (Å²) in [5.41, 5.74) is 11.4. The largest absolute Gasteiger partial charge is 0.0888 e. The predicted octanol–water partition coefficient (Wildman–Crippen LogP) is 8.22. The summed E-state index contributed by atoms with van der Waals surface area (Å²) in [5.74, 6) is 0. The van der Waals surface area contributed by atoms with Gasteiger partial charge in [0.2, 0.25) is 0 Å². The van der Waals surface area contributed by atoms with Crippen LogP contribution in [0.5, 0.6) is 0 Å². The lowest BCUT2D eigenvalue weighted by Gasteiger charge is -2.29. The Hall–Kier alpha value is -2.77. The SMILES string of the molecule is Cc1ccc2c(c1)/C(=C1/CCCc3ccc4cc(C)ccc4c31)c1ccccc1S2. The Morgan fingerprint density at radius 3 is 2.43 bits per heavy atom. The van der Waals surface area contributed by atoms with Gasteiger partial charge in [0, 0.05) is 9.79 Å². The van der Waals surface area contributed by atoms with E-state index in [2.05, 4.69) is 86.6 Å². The average molecular weight is 405 g/mol. The summed E-state index contributed by atoms with van der Waals surface area (Å²) in [4.78, 5) is 2.75. The highest BCUT2D eigenvalue weighted by molar-refractivity contribution is 7.99. The standard InChI is InChI=1S/C29H24S/c1-18-10-14-22-21(16-18)13-12-20-6-5-8-24(28(20)22)29-23-7-3-4-9-26(23)30-27-15-11-19(2)17-25(27)29/h3-4,7,9-17H,5-6,8H2,1-2H3/b29-24-. The van der Waals surface area contributed by atoms with Crippen LogP contribution in [0.4, 0.5) is 0 Å². The molecule has 0 aromatic heterocycles. The van der Waals surface area contributed by atoms with Crippen LogP contribution in [0, 0.1) is 13.8 Å². The van der Waals surface area contributed by atoms with Crippen LogP contribution in [0.25, 0.3) is 21.9 Å².